The van der Waals surface area contributed by atoms with Gasteiger partial charge in [-0.3, -0.25) is 9.69 Å². The highest BCUT2D eigenvalue weighted by atomic mass is 32.1. The molecule has 1 aliphatic heterocycles. The molecule has 34 heavy (non-hydrogen) atoms. The average Bonchev–Trinajstić information content (AvgIpc) is 3.59. The second-order valence-electron chi connectivity index (χ2n) is 7.90. The maximum Gasteiger partial charge on any atom is 0.258 e. The van der Waals surface area contributed by atoms with Crippen LogP contribution in [0.4, 0.5) is 0 Å². The molecule has 174 valence electrons. The number of benzene rings is 1. The van der Waals surface area contributed by atoms with Gasteiger partial charge < -0.3 is 9.36 Å². The third kappa shape index (κ3) is 5.84. The number of thiophene rings is 1. The molecule has 2 aromatic heterocycles. The maximum absolute atomic E-state index is 10.6. The van der Waals surface area contributed by atoms with Crippen molar-refractivity contribution in [2.24, 2.45) is 5.16 Å². The van der Waals surface area contributed by atoms with Crippen molar-refractivity contribution in [3.05, 3.63) is 88.4 Å². The van der Waals surface area contributed by atoms with E-state index < -0.39 is 0 Å². The minimum absolute atomic E-state index is 0.102. The Morgan fingerprint density at radius 3 is 2.79 bits per heavy atom. The van der Waals surface area contributed by atoms with Crippen LogP contribution in [0.3, 0.4) is 0 Å². The van der Waals surface area contributed by atoms with E-state index in [1.54, 1.807) is 18.4 Å². The molecular formula is C26H26N4O3S. The Balaban J connectivity index is 0.000000166. The number of nitrogens with zero attached hydrogens (tertiary/aromatic N) is 4. The van der Waals surface area contributed by atoms with Crippen molar-refractivity contribution >= 4 is 28.9 Å². The number of rotatable bonds is 5. The predicted molar refractivity (Wildman–Crippen MR) is 134 cm³/mol. The predicted octanol–water partition coefficient (Wildman–Crippen LogP) is 5.33. The number of oxime groups is 1. The Morgan fingerprint density at radius 1 is 1.21 bits per heavy atom. The monoisotopic (exact) mass is 474 g/mol. The van der Waals surface area contributed by atoms with Crippen molar-refractivity contribution in [1.29, 1.82) is 0 Å². The highest BCUT2D eigenvalue weighted by Crippen LogP contribution is 2.29. The van der Waals surface area contributed by atoms with Crippen molar-refractivity contribution < 1.29 is 14.2 Å². The van der Waals surface area contributed by atoms with E-state index in [4.69, 9.17) is 9.36 Å². The van der Waals surface area contributed by atoms with E-state index in [0.717, 1.165) is 48.1 Å². The van der Waals surface area contributed by atoms with E-state index in [0.29, 0.717) is 11.7 Å². The zero-order valence-electron chi connectivity index (χ0n) is 19.1. The van der Waals surface area contributed by atoms with E-state index in [2.05, 4.69) is 38.4 Å². The molecule has 3 heterocycles. The molecule has 1 unspecified atom stereocenters. The third-order valence-corrected chi connectivity index (χ3v) is 6.19. The van der Waals surface area contributed by atoms with Crippen LogP contribution in [0.2, 0.25) is 0 Å². The van der Waals surface area contributed by atoms with Gasteiger partial charge >= 0.3 is 0 Å². The molecule has 1 fully saturated rings. The van der Waals surface area contributed by atoms with E-state index >= 15 is 0 Å². The molecule has 0 amide bonds. The topological polar surface area (TPSA) is 80.8 Å². The van der Waals surface area contributed by atoms with Crippen molar-refractivity contribution in [3.63, 3.8) is 0 Å². The fraction of sp³-hybridized carbons (Fsp3) is 0.231. The van der Waals surface area contributed by atoms with Gasteiger partial charge in [0.2, 0.25) is 0 Å². The Bertz CT molecular complexity index is 1210. The van der Waals surface area contributed by atoms with Crippen LogP contribution in [0.5, 0.6) is 0 Å². The summed E-state index contributed by atoms with van der Waals surface area (Å²) in [6.45, 7) is 0.765. The van der Waals surface area contributed by atoms with Gasteiger partial charge in [0, 0.05) is 18.3 Å². The summed E-state index contributed by atoms with van der Waals surface area (Å²) in [5, 5.41) is 12.1. The summed E-state index contributed by atoms with van der Waals surface area (Å²) in [6, 6.07) is 12.2. The number of likely N-dealkylation sites (tertiary alicyclic amines) is 1. The van der Waals surface area contributed by atoms with Crippen molar-refractivity contribution in [2.75, 3.05) is 20.7 Å². The fourth-order valence-corrected chi connectivity index (χ4v) is 4.38. The summed E-state index contributed by atoms with van der Waals surface area (Å²) in [4.78, 5) is 22.1. The molecule has 1 atom stereocenters. The van der Waals surface area contributed by atoms with Crippen LogP contribution in [0.15, 0.2) is 86.7 Å². The van der Waals surface area contributed by atoms with Crippen LogP contribution >= 0.6 is 11.3 Å². The zero-order chi connectivity index (χ0) is 23.8. The SMILES string of the molecule is CON=C1CC(c2noc(-c3ccsc3)n2)N(C)C1.O=CC1=CC=C(c2ccccc2)C=CC1. The maximum atomic E-state index is 10.6. The van der Waals surface area contributed by atoms with E-state index in [1.807, 2.05) is 60.3 Å². The number of aromatic nitrogens is 2. The molecule has 0 saturated carbocycles. The minimum Gasteiger partial charge on any atom is -0.399 e. The van der Waals surface area contributed by atoms with Gasteiger partial charge in [0.15, 0.2) is 5.82 Å². The van der Waals surface area contributed by atoms with Gasteiger partial charge in [-0.1, -0.05) is 64.9 Å². The zero-order valence-corrected chi connectivity index (χ0v) is 19.9. The molecule has 1 saturated heterocycles. The lowest BCUT2D eigenvalue weighted by Crippen LogP contribution is -2.19. The molecular weight excluding hydrogens is 448 g/mol. The smallest absolute Gasteiger partial charge is 0.258 e. The lowest BCUT2D eigenvalue weighted by atomic mass is 10.1. The molecule has 0 radical (unpaired) electrons. The first kappa shape index (κ1) is 23.5. The molecule has 1 aromatic carbocycles. The Labute approximate surface area is 202 Å². The van der Waals surface area contributed by atoms with Gasteiger partial charge in [0.25, 0.3) is 5.89 Å². The summed E-state index contributed by atoms with van der Waals surface area (Å²) in [5.74, 6) is 1.27. The number of hydrogen-bond donors (Lipinski definition) is 0. The number of aldehydes is 1. The third-order valence-electron chi connectivity index (χ3n) is 5.51. The van der Waals surface area contributed by atoms with E-state index in [1.165, 1.54) is 5.56 Å². The average molecular weight is 475 g/mol. The van der Waals surface area contributed by atoms with Crippen LogP contribution in [0, 0.1) is 0 Å². The standard InChI is InChI=1S/C14H12O.C12H14N4O2S/c15-11-12-5-4-8-14(10-9-12)13-6-2-1-3-7-13;1-16-6-9(14-17-2)5-10(16)11-13-12(18-15-11)8-3-4-19-7-8/h1-4,6-11H,5H2;3-4,7,10H,5-6H2,1-2H3. The molecule has 5 rings (SSSR count). The normalized spacial score (nSPS) is 19.1. The van der Waals surface area contributed by atoms with Crippen molar-refractivity contribution in [2.45, 2.75) is 18.9 Å². The summed E-state index contributed by atoms with van der Waals surface area (Å²) >= 11 is 1.61. The first-order chi connectivity index (χ1) is 16.7. The van der Waals surface area contributed by atoms with E-state index in [-0.39, 0.29) is 6.04 Å². The molecule has 1 aliphatic carbocycles. The van der Waals surface area contributed by atoms with E-state index in [9.17, 15) is 4.79 Å². The fourth-order valence-electron chi connectivity index (χ4n) is 3.75. The highest BCUT2D eigenvalue weighted by molar-refractivity contribution is 7.08. The molecule has 0 bridgehead atoms. The van der Waals surface area contributed by atoms with Crippen molar-refractivity contribution in [1.82, 2.24) is 15.0 Å². The second-order valence-corrected chi connectivity index (χ2v) is 8.68. The molecule has 0 spiro atoms. The molecule has 7 nitrogen and oxygen atoms in total. The van der Waals surface area contributed by atoms with Gasteiger partial charge in [0.1, 0.15) is 13.4 Å². The first-order valence-electron chi connectivity index (χ1n) is 10.9. The van der Waals surface area contributed by atoms with Crippen LogP contribution in [0.1, 0.15) is 30.3 Å². The Hall–Kier alpha value is -3.62. The Kier molecular flexibility index (Phi) is 7.95. The highest BCUT2D eigenvalue weighted by Gasteiger charge is 2.32. The minimum atomic E-state index is 0.102. The van der Waals surface area contributed by atoms with Gasteiger partial charge in [-0.25, -0.2) is 0 Å². The second kappa shape index (κ2) is 11.5. The van der Waals surface area contributed by atoms with Gasteiger partial charge in [0.05, 0.1) is 17.3 Å². The van der Waals surface area contributed by atoms with Gasteiger partial charge in [-0.15, -0.1) is 0 Å². The lowest BCUT2D eigenvalue weighted by Gasteiger charge is -2.13. The Morgan fingerprint density at radius 2 is 2.06 bits per heavy atom. The number of allylic oxidation sites excluding steroid dienone is 6. The summed E-state index contributed by atoms with van der Waals surface area (Å²) in [5.41, 5.74) is 5.11. The van der Waals surface area contributed by atoms with Crippen LogP contribution in [-0.4, -0.2) is 47.7 Å². The van der Waals surface area contributed by atoms with Crippen LogP contribution in [0.25, 0.3) is 17.0 Å². The van der Waals surface area contributed by atoms with Crippen molar-refractivity contribution in [3.8, 4) is 11.5 Å². The van der Waals surface area contributed by atoms with Gasteiger partial charge in [-0.05, 0) is 41.6 Å². The summed E-state index contributed by atoms with van der Waals surface area (Å²) in [6.07, 6.45) is 10.4. The molecule has 2 aliphatic rings. The number of hydrogen-bond acceptors (Lipinski definition) is 8. The number of carbonyl (C=O) groups excluding carboxylic acids is 1. The summed E-state index contributed by atoms with van der Waals surface area (Å²) in [7, 11) is 3.58. The van der Waals surface area contributed by atoms with Crippen LogP contribution in [-0.2, 0) is 9.63 Å². The van der Waals surface area contributed by atoms with Crippen LogP contribution < -0.4 is 0 Å². The first-order valence-corrected chi connectivity index (χ1v) is 11.9. The molecule has 8 heteroatoms. The molecule has 3 aromatic rings. The lowest BCUT2D eigenvalue weighted by molar-refractivity contribution is -0.105. The van der Waals surface area contributed by atoms with Gasteiger partial charge in [-0.2, -0.15) is 16.3 Å². The summed E-state index contributed by atoms with van der Waals surface area (Å²) < 4.78 is 5.31. The quantitative estimate of drug-likeness (QED) is 0.367. The number of carbonyl (C=O) groups is 1. The largest absolute Gasteiger partial charge is 0.399 e. The molecule has 0 N–H and O–H groups in total.